The third-order valence-electron chi connectivity index (χ3n) is 7.28. The first-order chi connectivity index (χ1) is 19.3. The van der Waals surface area contributed by atoms with Gasteiger partial charge in [-0.1, -0.05) is 90.5 Å². The lowest BCUT2D eigenvalue weighted by Gasteiger charge is -2.09. The molecule has 5 heteroatoms. The minimum atomic E-state index is -0.693. The number of rotatable bonds is 10. The Hall–Kier alpha value is -3.34. The van der Waals surface area contributed by atoms with Crippen LogP contribution < -0.4 is 0 Å². The number of thiol groups is 1. The van der Waals surface area contributed by atoms with Crippen molar-refractivity contribution >= 4 is 58.8 Å². The number of carboxylic acid groups (broad SMARTS) is 1. The molecule has 0 radical (unpaired) electrons. The zero-order valence-electron chi connectivity index (χ0n) is 22.9. The summed E-state index contributed by atoms with van der Waals surface area (Å²) in [7, 11) is 0. The second-order valence-corrected chi connectivity index (χ2v) is 11.4. The van der Waals surface area contributed by atoms with Crippen LogP contribution in [0.25, 0.3) is 28.6 Å². The van der Waals surface area contributed by atoms with E-state index >= 15 is 0 Å². The van der Waals surface area contributed by atoms with Crippen LogP contribution in [0.1, 0.15) is 60.6 Å². The van der Waals surface area contributed by atoms with Crippen molar-refractivity contribution in [3.05, 3.63) is 118 Å². The SMILES string of the molecule is C=C(C)c1ccccc1CCCc1cccc(/C=C/c2ccc3ccc(Cl)cc3n2)c1.O=C(O)CC1(CS)CC1. The summed E-state index contributed by atoms with van der Waals surface area (Å²) in [5.41, 5.74) is 8.26. The molecule has 0 amide bonds. The molecule has 1 saturated carbocycles. The molecule has 1 heterocycles. The Morgan fingerprint density at radius 1 is 1.02 bits per heavy atom. The zero-order valence-corrected chi connectivity index (χ0v) is 24.6. The quantitative estimate of drug-likeness (QED) is 0.187. The zero-order chi connectivity index (χ0) is 28.5. The van der Waals surface area contributed by atoms with Gasteiger partial charge in [-0.05, 0) is 96.7 Å². The van der Waals surface area contributed by atoms with E-state index in [-0.39, 0.29) is 5.41 Å². The molecule has 1 aliphatic rings. The van der Waals surface area contributed by atoms with E-state index in [1.807, 2.05) is 24.3 Å². The molecule has 40 heavy (non-hydrogen) atoms. The summed E-state index contributed by atoms with van der Waals surface area (Å²) >= 11 is 10.2. The van der Waals surface area contributed by atoms with E-state index < -0.39 is 5.97 Å². The maximum Gasteiger partial charge on any atom is 0.303 e. The minimum absolute atomic E-state index is 0.0783. The Labute approximate surface area is 248 Å². The molecule has 1 fully saturated rings. The highest BCUT2D eigenvalue weighted by molar-refractivity contribution is 7.80. The Morgan fingerprint density at radius 2 is 1.80 bits per heavy atom. The van der Waals surface area contributed by atoms with Crippen LogP contribution in [-0.2, 0) is 17.6 Å². The Kier molecular flexibility index (Phi) is 10.2. The van der Waals surface area contributed by atoms with Crippen molar-refractivity contribution in [1.29, 1.82) is 0 Å². The summed E-state index contributed by atoms with van der Waals surface area (Å²) in [6.45, 7) is 6.19. The molecule has 0 spiro atoms. The molecular formula is C35H36ClNO2S. The third-order valence-corrected chi connectivity index (χ3v) is 8.19. The van der Waals surface area contributed by atoms with Crippen molar-refractivity contribution in [2.45, 2.75) is 45.4 Å². The number of nitrogens with zero attached hydrogens (tertiary/aromatic N) is 1. The molecule has 0 unspecified atom stereocenters. The van der Waals surface area contributed by atoms with Crippen LogP contribution in [0.3, 0.4) is 0 Å². The van der Waals surface area contributed by atoms with E-state index in [0.29, 0.717) is 11.4 Å². The smallest absolute Gasteiger partial charge is 0.303 e. The van der Waals surface area contributed by atoms with Crippen LogP contribution in [0.15, 0.2) is 85.4 Å². The molecule has 0 bridgehead atoms. The van der Waals surface area contributed by atoms with Crippen LogP contribution in [-0.4, -0.2) is 21.8 Å². The summed E-state index contributed by atoms with van der Waals surface area (Å²) in [5.74, 6) is 0.0285. The summed E-state index contributed by atoms with van der Waals surface area (Å²) in [4.78, 5) is 14.9. The van der Waals surface area contributed by atoms with Crippen molar-refractivity contribution in [3.8, 4) is 0 Å². The predicted octanol–water partition coefficient (Wildman–Crippen LogP) is 9.44. The Morgan fingerprint density at radius 3 is 2.50 bits per heavy atom. The standard InChI is InChI=1S/C29H26ClN.C6H10O2S/c1-21(2)28-12-4-3-10-24(28)11-6-9-22-7-5-8-23(19-22)13-17-27-18-15-25-14-16-26(30)20-29(25)31-27;7-5(8)3-6(4-9)1-2-6/h3-5,7-8,10,12-20H,1,6,9,11H2,2H3;9H,1-4H2,(H,7,8)/b17-13+;. The van der Waals surface area contributed by atoms with Crippen LogP contribution in [0.2, 0.25) is 5.02 Å². The second-order valence-electron chi connectivity index (χ2n) is 10.7. The first kappa shape index (κ1) is 29.6. The van der Waals surface area contributed by atoms with Crippen LogP contribution in [0, 0.1) is 5.41 Å². The normalized spacial score (nSPS) is 13.6. The van der Waals surface area contributed by atoms with E-state index in [9.17, 15) is 4.79 Å². The molecule has 4 aromatic rings. The maximum absolute atomic E-state index is 10.2. The van der Waals surface area contributed by atoms with Gasteiger partial charge in [-0.15, -0.1) is 0 Å². The summed E-state index contributed by atoms with van der Waals surface area (Å²) < 4.78 is 0. The van der Waals surface area contributed by atoms with E-state index in [2.05, 4.69) is 92.9 Å². The van der Waals surface area contributed by atoms with Gasteiger partial charge < -0.3 is 5.11 Å². The molecular weight excluding hydrogens is 534 g/mol. The van der Waals surface area contributed by atoms with Gasteiger partial charge in [0.25, 0.3) is 0 Å². The van der Waals surface area contributed by atoms with Gasteiger partial charge in [-0.25, -0.2) is 4.98 Å². The second kappa shape index (κ2) is 13.8. The van der Waals surface area contributed by atoms with Crippen molar-refractivity contribution in [3.63, 3.8) is 0 Å². The van der Waals surface area contributed by atoms with Gasteiger partial charge >= 0.3 is 5.97 Å². The van der Waals surface area contributed by atoms with Crippen LogP contribution in [0.4, 0.5) is 0 Å². The monoisotopic (exact) mass is 569 g/mol. The van der Waals surface area contributed by atoms with E-state index in [1.165, 1.54) is 22.3 Å². The molecule has 1 aromatic heterocycles. The molecule has 1 aliphatic carbocycles. The lowest BCUT2D eigenvalue weighted by molar-refractivity contribution is -0.138. The van der Waals surface area contributed by atoms with Crippen molar-refractivity contribution in [1.82, 2.24) is 4.98 Å². The molecule has 1 N–H and O–H groups in total. The maximum atomic E-state index is 10.2. The number of aromatic nitrogens is 1. The summed E-state index contributed by atoms with van der Waals surface area (Å²) in [5, 5.41) is 10.2. The topological polar surface area (TPSA) is 50.2 Å². The Balaban J connectivity index is 0.000000350. The van der Waals surface area contributed by atoms with E-state index in [4.69, 9.17) is 21.7 Å². The molecule has 0 saturated heterocycles. The van der Waals surface area contributed by atoms with Crippen molar-refractivity contribution in [2.24, 2.45) is 5.41 Å². The predicted molar refractivity (Wildman–Crippen MR) is 173 cm³/mol. The average molecular weight is 570 g/mol. The Bertz CT molecular complexity index is 1520. The minimum Gasteiger partial charge on any atom is -0.481 e. The number of carboxylic acids is 1. The molecule has 0 aliphatic heterocycles. The van der Waals surface area contributed by atoms with Gasteiger partial charge in [0, 0.05) is 10.4 Å². The number of fused-ring (bicyclic) bond motifs is 1. The highest BCUT2D eigenvalue weighted by Crippen LogP contribution is 2.49. The molecule has 5 rings (SSSR count). The third kappa shape index (κ3) is 8.58. The van der Waals surface area contributed by atoms with E-state index in [0.717, 1.165) is 60.0 Å². The lowest BCUT2D eigenvalue weighted by atomic mass is 9.96. The molecule has 3 nitrogen and oxygen atoms in total. The number of hydrogen-bond acceptors (Lipinski definition) is 3. The number of pyridine rings is 1. The van der Waals surface area contributed by atoms with Gasteiger partial charge in [0.1, 0.15) is 0 Å². The number of halogens is 1. The van der Waals surface area contributed by atoms with Gasteiger partial charge in [0.05, 0.1) is 17.6 Å². The van der Waals surface area contributed by atoms with Gasteiger partial charge in [-0.3, -0.25) is 4.79 Å². The first-order valence-corrected chi connectivity index (χ1v) is 14.7. The number of aliphatic carboxylic acids is 1. The number of benzene rings is 3. The fraction of sp³-hybridized carbons (Fsp3) is 0.257. The van der Waals surface area contributed by atoms with Crippen LogP contribution in [0.5, 0.6) is 0 Å². The number of hydrogen-bond donors (Lipinski definition) is 2. The fourth-order valence-corrected chi connectivity index (χ4v) is 5.35. The molecule has 3 aromatic carbocycles. The number of allylic oxidation sites excluding steroid dienone is 1. The van der Waals surface area contributed by atoms with Crippen molar-refractivity contribution < 1.29 is 9.90 Å². The van der Waals surface area contributed by atoms with Crippen molar-refractivity contribution in [2.75, 3.05) is 5.75 Å². The van der Waals surface area contributed by atoms with Crippen LogP contribution >= 0.6 is 24.2 Å². The number of carbonyl (C=O) groups is 1. The van der Waals surface area contributed by atoms with Gasteiger partial charge in [-0.2, -0.15) is 12.6 Å². The molecule has 206 valence electrons. The summed E-state index contributed by atoms with van der Waals surface area (Å²) in [6, 6.07) is 27.2. The van der Waals surface area contributed by atoms with Gasteiger partial charge in [0.2, 0.25) is 0 Å². The fourth-order valence-electron chi connectivity index (χ4n) is 4.76. The average Bonchev–Trinajstić information content (AvgIpc) is 3.71. The highest BCUT2D eigenvalue weighted by atomic mass is 35.5. The number of aryl methyl sites for hydroxylation is 2. The van der Waals surface area contributed by atoms with Gasteiger partial charge in [0.15, 0.2) is 0 Å². The largest absolute Gasteiger partial charge is 0.481 e. The molecule has 0 atom stereocenters. The lowest BCUT2D eigenvalue weighted by Crippen LogP contribution is -2.09. The highest BCUT2D eigenvalue weighted by Gasteiger charge is 2.42. The first-order valence-electron chi connectivity index (χ1n) is 13.7. The summed E-state index contributed by atoms with van der Waals surface area (Å²) in [6.07, 6.45) is 9.80. The van der Waals surface area contributed by atoms with E-state index in [1.54, 1.807) is 0 Å².